The minimum Gasteiger partial charge on any atom is -0.493 e. The SMILES string of the molecule is CCOc1ccc(C(=O)N2CCCC(c3ccn[nH]3)C2)cc1OC. The molecule has 0 bridgehead atoms. The molecule has 0 aliphatic carbocycles. The molecule has 2 aromatic rings. The number of likely N-dealkylation sites (tertiary alicyclic amines) is 1. The fraction of sp³-hybridized carbons (Fsp3) is 0.444. The van der Waals surface area contributed by atoms with Crippen LogP contribution in [0.1, 0.15) is 41.7 Å². The summed E-state index contributed by atoms with van der Waals surface area (Å²) in [7, 11) is 1.58. The van der Waals surface area contributed by atoms with Crippen molar-refractivity contribution in [2.75, 3.05) is 26.8 Å². The number of aromatic nitrogens is 2. The maximum Gasteiger partial charge on any atom is 0.254 e. The van der Waals surface area contributed by atoms with Gasteiger partial charge in [-0.25, -0.2) is 0 Å². The van der Waals surface area contributed by atoms with Crippen molar-refractivity contribution in [1.29, 1.82) is 0 Å². The van der Waals surface area contributed by atoms with Crippen LogP contribution in [-0.2, 0) is 0 Å². The molecule has 0 radical (unpaired) electrons. The zero-order valence-electron chi connectivity index (χ0n) is 14.1. The Morgan fingerprint density at radius 2 is 2.25 bits per heavy atom. The maximum absolute atomic E-state index is 12.9. The summed E-state index contributed by atoms with van der Waals surface area (Å²) in [6, 6.07) is 7.34. The Morgan fingerprint density at radius 1 is 1.38 bits per heavy atom. The number of aromatic amines is 1. The van der Waals surface area contributed by atoms with Crippen LogP contribution in [-0.4, -0.2) is 47.8 Å². The van der Waals surface area contributed by atoms with E-state index in [1.165, 1.54) is 0 Å². The highest BCUT2D eigenvalue weighted by atomic mass is 16.5. The number of H-pyrrole nitrogens is 1. The first kappa shape index (κ1) is 16.4. The second-order valence-corrected chi connectivity index (χ2v) is 5.90. The molecule has 128 valence electrons. The van der Waals surface area contributed by atoms with Crippen LogP contribution in [0, 0.1) is 0 Å². The Kier molecular flexibility index (Phi) is 5.03. The summed E-state index contributed by atoms with van der Waals surface area (Å²) in [6.07, 6.45) is 3.82. The van der Waals surface area contributed by atoms with E-state index in [4.69, 9.17) is 9.47 Å². The highest BCUT2D eigenvalue weighted by Crippen LogP contribution is 2.30. The summed E-state index contributed by atoms with van der Waals surface area (Å²) in [5.41, 5.74) is 1.72. The molecule has 1 atom stereocenters. The van der Waals surface area contributed by atoms with Crippen molar-refractivity contribution >= 4 is 5.91 Å². The van der Waals surface area contributed by atoms with E-state index < -0.39 is 0 Å². The van der Waals surface area contributed by atoms with Crippen molar-refractivity contribution in [2.24, 2.45) is 0 Å². The second kappa shape index (κ2) is 7.38. The molecule has 1 fully saturated rings. The topological polar surface area (TPSA) is 67.5 Å². The molecule has 6 heteroatoms. The van der Waals surface area contributed by atoms with E-state index in [0.29, 0.717) is 36.1 Å². The lowest BCUT2D eigenvalue weighted by molar-refractivity contribution is 0.0705. The molecular formula is C18H23N3O3. The summed E-state index contributed by atoms with van der Waals surface area (Å²) < 4.78 is 10.9. The molecule has 0 saturated carbocycles. The average molecular weight is 329 g/mol. The smallest absolute Gasteiger partial charge is 0.254 e. The van der Waals surface area contributed by atoms with E-state index in [1.807, 2.05) is 17.9 Å². The number of hydrogen-bond acceptors (Lipinski definition) is 4. The lowest BCUT2D eigenvalue weighted by atomic mass is 9.94. The number of nitrogens with zero attached hydrogens (tertiary/aromatic N) is 2. The first-order chi connectivity index (χ1) is 11.7. The first-order valence-electron chi connectivity index (χ1n) is 8.32. The van der Waals surface area contributed by atoms with Gasteiger partial charge in [0.2, 0.25) is 0 Å². The minimum atomic E-state index is 0.0283. The number of ether oxygens (including phenoxy) is 2. The van der Waals surface area contributed by atoms with Gasteiger partial charge in [0.25, 0.3) is 5.91 Å². The third-order valence-electron chi connectivity index (χ3n) is 4.38. The van der Waals surface area contributed by atoms with E-state index >= 15 is 0 Å². The molecule has 1 amide bonds. The van der Waals surface area contributed by atoms with Gasteiger partial charge in [0, 0.05) is 36.5 Å². The van der Waals surface area contributed by atoms with Crippen LogP contribution in [0.5, 0.6) is 11.5 Å². The third-order valence-corrected chi connectivity index (χ3v) is 4.38. The Labute approximate surface area is 141 Å². The predicted octanol–water partition coefficient (Wildman–Crippen LogP) is 2.84. The lowest BCUT2D eigenvalue weighted by Gasteiger charge is -2.32. The van der Waals surface area contributed by atoms with E-state index in [1.54, 1.807) is 31.5 Å². The molecule has 1 aliphatic rings. The highest BCUT2D eigenvalue weighted by Gasteiger charge is 2.26. The lowest BCUT2D eigenvalue weighted by Crippen LogP contribution is -2.39. The van der Waals surface area contributed by atoms with Crippen LogP contribution in [0.25, 0.3) is 0 Å². The number of methoxy groups -OCH3 is 1. The number of rotatable bonds is 5. The van der Waals surface area contributed by atoms with Gasteiger partial charge in [-0.1, -0.05) is 0 Å². The number of hydrogen-bond donors (Lipinski definition) is 1. The molecule has 3 rings (SSSR count). The van der Waals surface area contributed by atoms with Crippen LogP contribution >= 0.6 is 0 Å². The molecule has 1 aliphatic heterocycles. The summed E-state index contributed by atoms with van der Waals surface area (Å²) in [5.74, 6) is 1.59. The van der Waals surface area contributed by atoms with Gasteiger partial charge >= 0.3 is 0 Å². The van der Waals surface area contributed by atoms with E-state index in [9.17, 15) is 4.79 Å². The molecular weight excluding hydrogens is 306 g/mol. The van der Waals surface area contributed by atoms with E-state index in [0.717, 1.165) is 25.1 Å². The van der Waals surface area contributed by atoms with Crippen molar-refractivity contribution in [3.63, 3.8) is 0 Å². The van der Waals surface area contributed by atoms with E-state index in [2.05, 4.69) is 10.2 Å². The quantitative estimate of drug-likeness (QED) is 0.916. The zero-order chi connectivity index (χ0) is 16.9. The summed E-state index contributed by atoms with van der Waals surface area (Å²) in [6.45, 7) is 3.96. The Hall–Kier alpha value is -2.50. The van der Waals surface area contributed by atoms with Crippen LogP contribution < -0.4 is 9.47 Å². The molecule has 1 saturated heterocycles. The summed E-state index contributed by atoms with van der Waals surface area (Å²) in [4.78, 5) is 14.8. The number of piperidine rings is 1. The van der Waals surface area contributed by atoms with Gasteiger partial charge in [0.15, 0.2) is 11.5 Å². The number of benzene rings is 1. The van der Waals surface area contributed by atoms with Crippen molar-refractivity contribution in [2.45, 2.75) is 25.7 Å². The molecule has 2 heterocycles. The largest absolute Gasteiger partial charge is 0.493 e. The summed E-state index contributed by atoms with van der Waals surface area (Å²) in [5, 5.41) is 7.04. The number of amides is 1. The van der Waals surface area contributed by atoms with E-state index in [-0.39, 0.29) is 5.91 Å². The fourth-order valence-corrected chi connectivity index (χ4v) is 3.17. The normalized spacial score (nSPS) is 17.6. The van der Waals surface area contributed by atoms with Gasteiger partial charge in [-0.05, 0) is 44.0 Å². The van der Waals surface area contributed by atoms with Crippen molar-refractivity contribution in [3.05, 3.63) is 41.7 Å². The zero-order valence-corrected chi connectivity index (χ0v) is 14.1. The van der Waals surface area contributed by atoms with Gasteiger partial charge < -0.3 is 14.4 Å². The van der Waals surface area contributed by atoms with Crippen LogP contribution in [0.4, 0.5) is 0 Å². The van der Waals surface area contributed by atoms with Crippen LogP contribution in [0.3, 0.4) is 0 Å². The molecule has 1 N–H and O–H groups in total. The maximum atomic E-state index is 12.9. The van der Waals surface area contributed by atoms with Crippen molar-refractivity contribution in [3.8, 4) is 11.5 Å². The van der Waals surface area contributed by atoms with Gasteiger partial charge in [0.05, 0.1) is 13.7 Å². The van der Waals surface area contributed by atoms with Gasteiger partial charge in [0.1, 0.15) is 0 Å². The number of carbonyl (C=O) groups excluding carboxylic acids is 1. The second-order valence-electron chi connectivity index (χ2n) is 5.90. The third kappa shape index (κ3) is 3.37. The van der Waals surface area contributed by atoms with Crippen molar-refractivity contribution in [1.82, 2.24) is 15.1 Å². The Bertz CT molecular complexity index is 685. The fourth-order valence-electron chi connectivity index (χ4n) is 3.17. The molecule has 24 heavy (non-hydrogen) atoms. The molecule has 1 aromatic heterocycles. The monoisotopic (exact) mass is 329 g/mol. The minimum absolute atomic E-state index is 0.0283. The molecule has 1 aromatic carbocycles. The van der Waals surface area contributed by atoms with Crippen molar-refractivity contribution < 1.29 is 14.3 Å². The van der Waals surface area contributed by atoms with Gasteiger partial charge in [-0.3, -0.25) is 9.89 Å². The molecule has 1 unspecified atom stereocenters. The van der Waals surface area contributed by atoms with Crippen LogP contribution in [0.2, 0.25) is 0 Å². The molecule has 6 nitrogen and oxygen atoms in total. The highest BCUT2D eigenvalue weighted by molar-refractivity contribution is 5.95. The summed E-state index contributed by atoms with van der Waals surface area (Å²) >= 11 is 0. The van der Waals surface area contributed by atoms with Crippen LogP contribution in [0.15, 0.2) is 30.5 Å². The average Bonchev–Trinajstić information content (AvgIpc) is 3.16. The van der Waals surface area contributed by atoms with Gasteiger partial charge in [-0.15, -0.1) is 0 Å². The number of carbonyl (C=O) groups is 1. The Morgan fingerprint density at radius 3 is 2.96 bits per heavy atom. The standard InChI is InChI=1S/C18H23N3O3/c1-3-24-16-7-6-13(11-17(16)23-2)18(22)21-10-4-5-14(12-21)15-8-9-19-20-15/h6-9,11,14H,3-5,10,12H2,1-2H3,(H,19,20). The van der Waals surface area contributed by atoms with Gasteiger partial charge in [-0.2, -0.15) is 5.10 Å². The number of nitrogens with one attached hydrogen (secondary N) is 1. The Balaban J connectivity index is 1.76. The first-order valence-corrected chi connectivity index (χ1v) is 8.32. The predicted molar refractivity (Wildman–Crippen MR) is 90.6 cm³/mol. The molecule has 0 spiro atoms.